The van der Waals surface area contributed by atoms with Gasteiger partial charge in [0.05, 0.1) is 26.5 Å². The molecule has 26 heavy (non-hydrogen) atoms. The highest BCUT2D eigenvalue weighted by molar-refractivity contribution is 8.00. The van der Waals surface area contributed by atoms with Crippen molar-refractivity contribution in [3.05, 3.63) is 42.5 Å². The first-order valence-electron chi connectivity index (χ1n) is 8.67. The van der Waals surface area contributed by atoms with Crippen LogP contribution in [0.5, 0.6) is 11.5 Å². The lowest BCUT2D eigenvalue weighted by atomic mass is 10.2. The zero-order chi connectivity index (χ0) is 18.5. The largest absolute Gasteiger partial charge is 0.493 e. The van der Waals surface area contributed by atoms with E-state index in [1.54, 1.807) is 26.4 Å². The summed E-state index contributed by atoms with van der Waals surface area (Å²) in [6.07, 6.45) is 1.08. The SMILES string of the molecule is CC[C@@H]1CN(CC(=O)Nc2ccc(OC)c(OC)c2)c2ccccc2S1. The first kappa shape index (κ1) is 18.5. The molecule has 0 saturated heterocycles. The zero-order valence-corrected chi connectivity index (χ0v) is 16.1. The van der Waals surface area contributed by atoms with E-state index in [0.29, 0.717) is 29.0 Å². The van der Waals surface area contributed by atoms with Crippen LogP contribution in [0, 0.1) is 0 Å². The van der Waals surface area contributed by atoms with E-state index in [2.05, 4.69) is 29.3 Å². The summed E-state index contributed by atoms with van der Waals surface area (Å²) in [5, 5.41) is 3.45. The van der Waals surface area contributed by atoms with Crippen LogP contribution in [0.1, 0.15) is 13.3 Å². The molecule has 138 valence electrons. The van der Waals surface area contributed by atoms with Crippen LogP contribution >= 0.6 is 11.8 Å². The molecular weight excluding hydrogens is 348 g/mol. The van der Waals surface area contributed by atoms with E-state index in [4.69, 9.17) is 9.47 Å². The van der Waals surface area contributed by atoms with Gasteiger partial charge >= 0.3 is 0 Å². The van der Waals surface area contributed by atoms with E-state index < -0.39 is 0 Å². The molecule has 1 aliphatic rings. The van der Waals surface area contributed by atoms with Gasteiger partial charge in [-0.3, -0.25) is 4.79 Å². The Morgan fingerprint density at radius 3 is 2.69 bits per heavy atom. The molecule has 0 aliphatic carbocycles. The average Bonchev–Trinajstić information content (AvgIpc) is 2.67. The molecule has 6 heteroatoms. The van der Waals surface area contributed by atoms with Gasteiger partial charge in [0.1, 0.15) is 0 Å². The van der Waals surface area contributed by atoms with Gasteiger partial charge in [-0.25, -0.2) is 0 Å². The number of fused-ring (bicyclic) bond motifs is 1. The fraction of sp³-hybridized carbons (Fsp3) is 0.350. The maximum atomic E-state index is 12.6. The highest BCUT2D eigenvalue weighted by Gasteiger charge is 2.25. The number of nitrogens with zero attached hydrogens (tertiary/aromatic N) is 1. The van der Waals surface area contributed by atoms with Gasteiger partial charge < -0.3 is 19.7 Å². The Kier molecular flexibility index (Phi) is 5.93. The number of hydrogen-bond donors (Lipinski definition) is 1. The van der Waals surface area contributed by atoms with Crippen molar-refractivity contribution in [2.75, 3.05) is 37.5 Å². The van der Waals surface area contributed by atoms with Crippen LogP contribution in [0.25, 0.3) is 0 Å². The molecule has 1 N–H and O–H groups in total. The van der Waals surface area contributed by atoms with Gasteiger partial charge in [0.15, 0.2) is 11.5 Å². The molecule has 2 aromatic rings. The number of methoxy groups -OCH3 is 2. The Labute approximate surface area is 158 Å². The summed E-state index contributed by atoms with van der Waals surface area (Å²) in [5.74, 6) is 1.18. The number of para-hydroxylation sites is 1. The van der Waals surface area contributed by atoms with Crippen molar-refractivity contribution in [3.63, 3.8) is 0 Å². The normalized spacial score (nSPS) is 16.0. The molecule has 0 radical (unpaired) electrons. The number of rotatable bonds is 6. The molecule has 0 saturated carbocycles. The topological polar surface area (TPSA) is 50.8 Å². The number of thioether (sulfide) groups is 1. The molecule has 1 aliphatic heterocycles. The Morgan fingerprint density at radius 1 is 1.19 bits per heavy atom. The summed E-state index contributed by atoms with van der Waals surface area (Å²) in [4.78, 5) is 16.0. The molecule has 3 rings (SSSR count). The maximum absolute atomic E-state index is 12.6. The van der Waals surface area contributed by atoms with Gasteiger partial charge in [-0.15, -0.1) is 11.8 Å². The molecule has 1 heterocycles. The lowest BCUT2D eigenvalue weighted by Crippen LogP contribution is -2.40. The minimum atomic E-state index is -0.0474. The minimum absolute atomic E-state index is 0.0474. The molecule has 0 unspecified atom stereocenters. The quantitative estimate of drug-likeness (QED) is 0.830. The van der Waals surface area contributed by atoms with Crippen LogP contribution in [-0.4, -0.2) is 38.5 Å². The highest BCUT2D eigenvalue weighted by atomic mass is 32.2. The number of hydrogen-bond acceptors (Lipinski definition) is 5. The standard InChI is InChI=1S/C20H24N2O3S/c1-4-15-12-22(16-7-5-6-8-19(16)26-15)13-20(23)21-14-9-10-17(24-2)18(11-14)25-3/h5-11,15H,4,12-13H2,1-3H3,(H,21,23)/t15-/m1/s1. The number of carbonyl (C=O) groups is 1. The molecule has 0 fully saturated rings. The van der Waals surface area contributed by atoms with Crippen LogP contribution < -0.4 is 19.7 Å². The smallest absolute Gasteiger partial charge is 0.243 e. The summed E-state index contributed by atoms with van der Waals surface area (Å²) in [7, 11) is 3.17. The molecule has 5 nitrogen and oxygen atoms in total. The predicted octanol–water partition coefficient (Wildman–Crippen LogP) is 4.03. The third-order valence-electron chi connectivity index (χ3n) is 4.38. The predicted molar refractivity (Wildman–Crippen MR) is 107 cm³/mol. The van der Waals surface area contributed by atoms with E-state index in [1.165, 1.54) is 4.90 Å². The number of ether oxygens (including phenoxy) is 2. The Hall–Kier alpha value is -2.34. The lowest BCUT2D eigenvalue weighted by molar-refractivity contribution is -0.115. The summed E-state index contributed by atoms with van der Waals surface area (Å²) >= 11 is 1.90. The second-order valence-electron chi connectivity index (χ2n) is 6.11. The van der Waals surface area contributed by atoms with Crippen molar-refractivity contribution in [1.82, 2.24) is 0 Å². The summed E-state index contributed by atoms with van der Waals surface area (Å²) in [5.41, 5.74) is 1.82. The van der Waals surface area contributed by atoms with Gasteiger partial charge in [0.25, 0.3) is 0 Å². The number of carbonyl (C=O) groups excluding carboxylic acids is 1. The van der Waals surface area contributed by atoms with E-state index in [9.17, 15) is 4.79 Å². The first-order valence-corrected chi connectivity index (χ1v) is 9.55. The van der Waals surface area contributed by atoms with Crippen molar-refractivity contribution < 1.29 is 14.3 Å². The van der Waals surface area contributed by atoms with Gasteiger partial charge in [-0.1, -0.05) is 19.1 Å². The molecule has 0 bridgehead atoms. The van der Waals surface area contributed by atoms with E-state index in [1.807, 2.05) is 30.0 Å². The monoisotopic (exact) mass is 372 g/mol. The van der Waals surface area contributed by atoms with Gasteiger partial charge in [0, 0.05) is 28.4 Å². The molecule has 1 amide bonds. The molecular formula is C20H24N2O3S. The van der Waals surface area contributed by atoms with Crippen LogP contribution in [0.4, 0.5) is 11.4 Å². The van der Waals surface area contributed by atoms with Gasteiger partial charge in [-0.2, -0.15) is 0 Å². The fourth-order valence-corrected chi connectivity index (χ4v) is 4.28. The second kappa shape index (κ2) is 8.36. The lowest BCUT2D eigenvalue weighted by Gasteiger charge is -2.34. The average molecular weight is 372 g/mol. The summed E-state index contributed by atoms with van der Waals surface area (Å²) in [6, 6.07) is 13.6. The second-order valence-corrected chi connectivity index (χ2v) is 7.46. The van der Waals surface area contributed by atoms with Crippen molar-refractivity contribution in [2.45, 2.75) is 23.5 Å². The Balaban J connectivity index is 1.72. The fourth-order valence-electron chi connectivity index (χ4n) is 3.03. The number of benzene rings is 2. The molecule has 2 aromatic carbocycles. The number of nitrogens with one attached hydrogen (secondary N) is 1. The highest BCUT2D eigenvalue weighted by Crippen LogP contribution is 2.39. The molecule has 1 atom stereocenters. The third-order valence-corrected chi connectivity index (χ3v) is 5.80. The summed E-state index contributed by atoms with van der Waals surface area (Å²) < 4.78 is 10.5. The van der Waals surface area contributed by atoms with Crippen molar-refractivity contribution in [2.24, 2.45) is 0 Å². The Morgan fingerprint density at radius 2 is 1.96 bits per heavy atom. The van der Waals surface area contributed by atoms with Crippen molar-refractivity contribution in [1.29, 1.82) is 0 Å². The van der Waals surface area contributed by atoms with Gasteiger partial charge in [-0.05, 0) is 30.7 Å². The zero-order valence-electron chi connectivity index (χ0n) is 15.3. The van der Waals surface area contributed by atoms with Crippen LogP contribution in [0.15, 0.2) is 47.4 Å². The first-order chi connectivity index (χ1) is 12.6. The Bertz CT molecular complexity index is 781. The van der Waals surface area contributed by atoms with E-state index in [-0.39, 0.29) is 5.91 Å². The van der Waals surface area contributed by atoms with Crippen LogP contribution in [-0.2, 0) is 4.79 Å². The summed E-state index contributed by atoms with van der Waals surface area (Å²) in [6.45, 7) is 3.38. The van der Waals surface area contributed by atoms with Crippen LogP contribution in [0.3, 0.4) is 0 Å². The van der Waals surface area contributed by atoms with E-state index in [0.717, 1.165) is 18.7 Å². The van der Waals surface area contributed by atoms with E-state index >= 15 is 0 Å². The third kappa shape index (κ3) is 4.07. The van der Waals surface area contributed by atoms with Gasteiger partial charge in [0.2, 0.25) is 5.91 Å². The maximum Gasteiger partial charge on any atom is 0.243 e. The van der Waals surface area contributed by atoms with Crippen LogP contribution in [0.2, 0.25) is 0 Å². The molecule has 0 spiro atoms. The number of amides is 1. The molecule has 0 aromatic heterocycles. The minimum Gasteiger partial charge on any atom is -0.493 e. The van der Waals surface area contributed by atoms with Crippen molar-refractivity contribution in [3.8, 4) is 11.5 Å². The van der Waals surface area contributed by atoms with Crippen molar-refractivity contribution >= 4 is 29.0 Å². The number of anilines is 2.